The molecule has 3 unspecified atom stereocenters. The standard InChI is InChI=1S/C18H22F2N2O3/c19-17(20)8-6-14(10-17)18(24,13-4-2-1-3-5-13)16(23)25-11-15-7-9-21-12-22-15/h1-5,12,14-15,24H,6-11H2,(H,21,22). The number of aliphatic imine (C=N–C) groups is 1. The van der Waals surface area contributed by atoms with E-state index in [0.717, 1.165) is 0 Å². The van der Waals surface area contributed by atoms with Crippen molar-refractivity contribution in [2.45, 2.75) is 43.2 Å². The number of carbonyl (C=O) groups is 1. The summed E-state index contributed by atoms with van der Waals surface area (Å²) in [6, 6.07) is 8.13. The smallest absolute Gasteiger partial charge is 0.343 e. The van der Waals surface area contributed by atoms with E-state index in [2.05, 4.69) is 10.3 Å². The summed E-state index contributed by atoms with van der Waals surface area (Å²) in [6.07, 6.45) is 1.47. The van der Waals surface area contributed by atoms with Gasteiger partial charge in [-0.15, -0.1) is 0 Å². The van der Waals surface area contributed by atoms with E-state index < -0.39 is 29.8 Å². The van der Waals surface area contributed by atoms with Crippen LogP contribution in [0.5, 0.6) is 0 Å². The second-order valence-electron chi connectivity index (χ2n) is 6.71. The summed E-state index contributed by atoms with van der Waals surface area (Å²) in [5.41, 5.74) is -1.77. The molecule has 1 aliphatic carbocycles. The van der Waals surface area contributed by atoms with Crippen molar-refractivity contribution in [3.05, 3.63) is 35.9 Å². The number of aliphatic hydroxyl groups is 1. The topological polar surface area (TPSA) is 70.9 Å². The second kappa shape index (κ2) is 7.07. The van der Waals surface area contributed by atoms with Gasteiger partial charge in [0.25, 0.3) is 0 Å². The quantitative estimate of drug-likeness (QED) is 0.798. The van der Waals surface area contributed by atoms with E-state index in [4.69, 9.17) is 4.74 Å². The molecule has 1 aliphatic heterocycles. The highest BCUT2D eigenvalue weighted by atomic mass is 19.3. The fourth-order valence-electron chi connectivity index (χ4n) is 3.47. The first-order chi connectivity index (χ1) is 11.9. The van der Waals surface area contributed by atoms with Crippen LogP contribution in [0.2, 0.25) is 0 Å². The maximum Gasteiger partial charge on any atom is 0.343 e. The maximum atomic E-state index is 13.7. The number of carbonyl (C=O) groups excluding carboxylic acids is 1. The van der Waals surface area contributed by atoms with Gasteiger partial charge in [0.2, 0.25) is 5.92 Å². The van der Waals surface area contributed by atoms with Crippen molar-refractivity contribution >= 4 is 12.3 Å². The van der Waals surface area contributed by atoms with Crippen molar-refractivity contribution in [3.63, 3.8) is 0 Å². The highest BCUT2D eigenvalue weighted by Gasteiger charge is 2.54. The Morgan fingerprint density at radius 2 is 2.12 bits per heavy atom. The molecule has 0 spiro atoms. The van der Waals surface area contributed by atoms with E-state index in [1.807, 2.05) is 0 Å². The zero-order chi connectivity index (χ0) is 17.9. The van der Waals surface area contributed by atoms with Crippen molar-refractivity contribution in [3.8, 4) is 0 Å². The number of rotatable bonds is 5. The molecule has 5 nitrogen and oxygen atoms in total. The third-order valence-corrected chi connectivity index (χ3v) is 4.94. The first-order valence-electron chi connectivity index (χ1n) is 8.49. The molecule has 0 radical (unpaired) electrons. The number of esters is 1. The van der Waals surface area contributed by atoms with E-state index in [1.165, 1.54) is 0 Å². The molecule has 0 amide bonds. The first kappa shape index (κ1) is 17.8. The van der Waals surface area contributed by atoms with Crippen LogP contribution in [0, 0.1) is 5.92 Å². The van der Waals surface area contributed by atoms with Gasteiger partial charge in [0, 0.05) is 25.3 Å². The Balaban J connectivity index is 1.78. The molecule has 1 heterocycles. The summed E-state index contributed by atoms with van der Waals surface area (Å²) in [7, 11) is 0. The number of halogens is 2. The van der Waals surface area contributed by atoms with Gasteiger partial charge >= 0.3 is 5.97 Å². The van der Waals surface area contributed by atoms with Gasteiger partial charge in [-0.1, -0.05) is 30.3 Å². The van der Waals surface area contributed by atoms with E-state index >= 15 is 0 Å². The minimum absolute atomic E-state index is 0.0586. The van der Waals surface area contributed by atoms with Gasteiger partial charge in [-0.25, -0.2) is 13.6 Å². The van der Waals surface area contributed by atoms with E-state index in [9.17, 15) is 18.7 Å². The SMILES string of the molecule is O=C(OCC1CCN=CN1)C(O)(c1ccccc1)C1CCC(F)(F)C1. The van der Waals surface area contributed by atoms with Gasteiger partial charge in [0.05, 0.1) is 12.4 Å². The summed E-state index contributed by atoms with van der Waals surface area (Å²) >= 11 is 0. The molecule has 2 aliphatic rings. The lowest BCUT2D eigenvalue weighted by Gasteiger charge is -2.33. The summed E-state index contributed by atoms with van der Waals surface area (Å²) in [6.45, 7) is 0.691. The lowest BCUT2D eigenvalue weighted by Crippen LogP contribution is -2.46. The molecule has 7 heteroatoms. The number of nitrogens with one attached hydrogen (secondary N) is 1. The lowest BCUT2D eigenvalue weighted by molar-refractivity contribution is -0.175. The van der Waals surface area contributed by atoms with Gasteiger partial charge in [-0.3, -0.25) is 4.99 Å². The third-order valence-electron chi connectivity index (χ3n) is 4.94. The number of hydrogen-bond acceptors (Lipinski definition) is 5. The fourth-order valence-corrected chi connectivity index (χ4v) is 3.47. The van der Waals surface area contributed by atoms with E-state index in [0.29, 0.717) is 18.5 Å². The highest BCUT2D eigenvalue weighted by Crippen LogP contribution is 2.47. The lowest BCUT2D eigenvalue weighted by atomic mass is 9.80. The molecule has 0 aromatic heterocycles. The van der Waals surface area contributed by atoms with Gasteiger partial charge in [0.1, 0.15) is 6.61 Å². The summed E-state index contributed by atoms with van der Waals surface area (Å²) in [5, 5.41) is 14.1. The Labute approximate surface area is 145 Å². The molecule has 1 aromatic carbocycles. The molecule has 1 aromatic rings. The molecule has 0 saturated heterocycles. The predicted octanol–water partition coefficient (Wildman–Crippen LogP) is 2.24. The van der Waals surface area contributed by atoms with Crippen LogP contribution in [0.1, 0.15) is 31.2 Å². The van der Waals surface area contributed by atoms with E-state index in [1.54, 1.807) is 36.7 Å². The van der Waals surface area contributed by atoms with E-state index in [-0.39, 0.29) is 25.5 Å². The molecule has 3 atom stereocenters. The largest absolute Gasteiger partial charge is 0.461 e. The van der Waals surface area contributed by atoms with Crippen LogP contribution in [0.25, 0.3) is 0 Å². The van der Waals surface area contributed by atoms with Crippen molar-refractivity contribution in [1.82, 2.24) is 5.32 Å². The molecule has 3 rings (SSSR count). The summed E-state index contributed by atoms with van der Waals surface area (Å²) < 4.78 is 32.7. The van der Waals surface area contributed by atoms with Crippen molar-refractivity contribution in [2.75, 3.05) is 13.2 Å². The predicted molar refractivity (Wildman–Crippen MR) is 88.5 cm³/mol. The fraction of sp³-hybridized carbons (Fsp3) is 0.556. The van der Waals surface area contributed by atoms with Crippen molar-refractivity contribution in [2.24, 2.45) is 10.9 Å². The molecule has 1 fully saturated rings. The maximum absolute atomic E-state index is 13.7. The number of ether oxygens (including phenoxy) is 1. The van der Waals surface area contributed by atoms with Crippen LogP contribution >= 0.6 is 0 Å². The van der Waals surface area contributed by atoms with Gasteiger partial charge in [-0.2, -0.15) is 0 Å². The molecular weight excluding hydrogens is 330 g/mol. The second-order valence-corrected chi connectivity index (χ2v) is 6.71. The highest BCUT2D eigenvalue weighted by molar-refractivity contribution is 5.81. The first-order valence-corrected chi connectivity index (χ1v) is 8.49. The Morgan fingerprint density at radius 3 is 2.72 bits per heavy atom. The van der Waals surface area contributed by atoms with Crippen LogP contribution in [-0.4, -0.2) is 42.5 Å². The van der Waals surface area contributed by atoms with Crippen LogP contribution in [0.15, 0.2) is 35.3 Å². The molecule has 1 saturated carbocycles. The third kappa shape index (κ3) is 3.81. The van der Waals surface area contributed by atoms with Crippen LogP contribution in [0.4, 0.5) is 8.78 Å². The molecular formula is C18H22F2N2O3. The molecule has 25 heavy (non-hydrogen) atoms. The van der Waals surface area contributed by atoms with Crippen LogP contribution in [0.3, 0.4) is 0 Å². The Bertz CT molecular complexity index is 638. The van der Waals surface area contributed by atoms with Crippen LogP contribution < -0.4 is 5.32 Å². The van der Waals surface area contributed by atoms with Crippen molar-refractivity contribution < 1.29 is 23.4 Å². The van der Waals surface area contributed by atoms with Gasteiger partial charge in [0.15, 0.2) is 5.60 Å². The Kier molecular flexibility index (Phi) is 5.03. The number of nitrogens with zero attached hydrogens (tertiary/aromatic N) is 1. The normalized spacial score (nSPS) is 27.3. The Hall–Kier alpha value is -2.02. The molecule has 136 valence electrons. The average molecular weight is 352 g/mol. The monoisotopic (exact) mass is 352 g/mol. The molecule has 2 N–H and O–H groups in total. The minimum atomic E-state index is -2.87. The number of hydrogen-bond donors (Lipinski definition) is 2. The zero-order valence-electron chi connectivity index (χ0n) is 13.8. The Morgan fingerprint density at radius 1 is 1.36 bits per heavy atom. The zero-order valence-corrected chi connectivity index (χ0v) is 13.8. The summed E-state index contributed by atoms with van der Waals surface area (Å²) in [4.78, 5) is 16.7. The molecule has 0 bridgehead atoms. The number of benzene rings is 1. The number of alkyl halides is 2. The van der Waals surface area contributed by atoms with Gasteiger partial charge in [-0.05, 0) is 18.4 Å². The van der Waals surface area contributed by atoms with Gasteiger partial charge < -0.3 is 15.2 Å². The summed E-state index contributed by atoms with van der Waals surface area (Å²) in [5.74, 6) is -4.61. The van der Waals surface area contributed by atoms with Crippen molar-refractivity contribution in [1.29, 1.82) is 0 Å². The average Bonchev–Trinajstić information content (AvgIpc) is 3.01. The van der Waals surface area contributed by atoms with Crippen LogP contribution in [-0.2, 0) is 15.1 Å². The minimum Gasteiger partial charge on any atom is -0.461 e.